The van der Waals surface area contributed by atoms with Crippen LogP contribution in [0.25, 0.3) is 65.7 Å². The second-order valence-electron chi connectivity index (χ2n) is 16.0. The van der Waals surface area contributed by atoms with Crippen molar-refractivity contribution in [2.75, 3.05) is 4.90 Å². The number of hydrogen-bond donors (Lipinski definition) is 0. The Hall–Kier alpha value is -7.88. The highest BCUT2D eigenvalue weighted by atomic mass is 16.5. The fourth-order valence-electron chi connectivity index (χ4n) is 10.3. The maximum Gasteiger partial charge on any atom is 0.140 e. The predicted octanol–water partition coefficient (Wildman–Crippen LogP) is 15.5. The van der Waals surface area contributed by atoms with Gasteiger partial charge in [-0.3, -0.25) is 0 Å². The largest absolute Gasteiger partial charge is 0.456 e. The third kappa shape index (κ3) is 4.54. The van der Waals surface area contributed by atoms with Crippen LogP contribution >= 0.6 is 0 Å². The summed E-state index contributed by atoms with van der Waals surface area (Å²) in [6, 6.07) is 76.8. The molecule has 3 heteroatoms. The molecule has 0 radical (unpaired) electrons. The molecule has 0 unspecified atom stereocenters. The summed E-state index contributed by atoms with van der Waals surface area (Å²) in [5.74, 6) is 1.82. The van der Waals surface area contributed by atoms with Gasteiger partial charge in [0.25, 0.3) is 0 Å². The number of furan rings is 1. The van der Waals surface area contributed by atoms with Gasteiger partial charge in [0.15, 0.2) is 0 Å². The van der Waals surface area contributed by atoms with E-state index in [0.29, 0.717) is 0 Å². The highest BCUT2D eigenvalue weighted by molar-refractivity contribution is 6.07. The zero-order valence-corrected chi connectivity index (χ0v) is 32.5. The smallest absolute Gasteiger partial charge is 0.140 e. The van der Waals surface area contributed by atoms with Gasteiger partial charge in [0.1, 0.15) is 22.7 Å². The third-order valence-corrected chi connectivity index (χ3v) is 12.9. The number of para-hydroxylation sites is 2. The van der Waals surface area contributed by atoms with E-state index in [4.69, 9.17) is 9.15 Å². The molecule has 0 bridgehead atoms. The minimum absolute atomic E-state index is 0.674. The van der Waals surface area contributed by atoms with Crippen molar-refractivity contribution in [3.05, 3.63) is 235 Å². The van der Waals surface area contributed by atoms with Crippen molar-refractivity contribution in [2.45, 2.75) is 5.41 Å². The molecule has 0 fully saturated rings. The van der Waals surface area contributed by atoms with Gasteiger partial charge in [0, 0.05) is 55.7 Å². The normalized spacial score (nSPS) is 13.3. The molecular weight excluding hydrogens is 731 g/mol. The molecule has 280 valence electrons. The molecule has 1 aliphatic carbocycles. The molecule has 0 N–H and O–H groups in total. The van der Waals surface area contributed by atoms with Crippen molar-refractivity contribution in [3.8, 4) is 33.8 Å². The van der Waals surface area contributed by atoms with Crippen LogP contribution in [0.4, 0.5) is 17.1 Å². The number of hydrogen-bond acceptors (Lipinski definition) is 3. The van der Waals surface area contributed by atoms with Gasteiger partial charge in [0.05, 0.1) is 11.1 Å². The zero-order valence-electron chi connectivity index (χ0n) is 32.5. The van der Waals surface area contributed by atoms with E-state index in [1.54, 1.807) is 0 Å². The second kappa shape index (κ2) is 12.6. The predicted molar refractivity (Wildman–Crippen MR) is 246 cm³/mol. The Morgan fingerprint density at radius 1 is 0.350 bits per heavy atom. The summed E-state index contributed by atoms with van der Waals surface area (Å²) in [5.41, 5.74) is 13.7. The first-order valence-electron chi connectivity index (χ1n) is 20.6. The quantitative estimate of drug-likeness (QED) is 0.178. The highest BCUT2D eigenvalue weighted by Gasteiger charge is 2.52. The molecule has 1 aliphatic heterocycles. The van der Waals surface area contributed by atoms with Crippen LogP contribution in [0.3, 0.4) is 0 Å². The van der Waals surface area contributed by atoms with Crippen molar-refractivity contribution in [3.63, 3.8) is 0 Å². The van der Waals surface area contributed by atoms with Crippen LogP contribution in [0, 0.1) is 0 Å². The summed E-state index contributed by atoms with van der Waals surface area (Å²) >= 11 is 0. The van der Waals surface area contributed by atoms with E-state index < -0.39 is 5.41 Å². The Morgan fingerprint density at radius 3 is 1.68 bits per heavy atom. The average Bonchev–Trinajstić information content (AvgIpc) is 3.83. The number of rotatable bonds is 4. The first-order chi connectivity index (χ1) is 29.8. The van der Waals surface area contributed by atoms with Crippen LogP contribution in [0.5, 0.6) is 11.5 Å². The lowest BCUT2D eigenvalue weighted by Gasteiger charge is -2.40. The minimum atomic E-state index is -0.674. The third-order valence-electron chi connectivity index (χ3n) is 12.9. The van der Waals surface area contributed by atoms with Gasteiger partial charge in [-0.15, -0.1) is 0 Å². The summed E-state index contributed by atoms with van der Waals surface area (Å²) in [4.78, 5) is 2.41. The van der Waals surface area contributed by atoms with Crippen molar-refractivity contribution in [1.29, 1.82) is 0 Å². The van der Waals surface area contributed by atoms with Gasteiger partial charge in [-0.2, -0.15) is 0 Å². The molecule has 0 saturated carbocycles. The first-order valence-corrected chi connectivity index (χ1v) is 20.6. The molecule has 0 atom stereocenters. The summed E-state index contributed by atoms with van der Waals surface area (Å²) in [6.07, 6.45) is 0. The van der Waals surface area contributed by atoms with Crippen LogP contribution in [0.2, 0.25) is 0 Å². The number of anilines is 3. The number of ether oxygens (including phenoxy) is 1. The first kappa shape index (κ1) is 33.1. The van der Waals surface area contributed by atoms with Crippen molar-refractivity contribution in [1.82, 2.24) is 0 Å². The highest BCUT2D eigenvalue weighted by Crippen LogP contribution is 2.64. The lowest BCUT2D eigenvalue weighted by molar-refractivity contribution is 0.447. The van der Waals surface area contributed by atoms with Gasteiger partial charge in [0.2, 0.25) is 0 Å². The van der Waals surface area contributed by atoms with Crippen LogP contribution in [-0.4, -0.2) is 0 Å². The number of benzene rings is 10. The Morgan fingerprint density at radius 2 is 0.917 bits per heavy atom. The van der Waals surface area contributed by atoms with Crippen LogP contribution in [0.15, 0.2) is 217 Å². The second-order valence-corrected chi connectivity index (χ2v) is 16.0. The maximum absolute atomic E-state index is 7.25. The van der Waals surface area contributed by atoms with Gasteiger partial charge < -0.3 is 14.1 Å². The lowest BCUT2D eigenvalue weighted by atomic mass is 9.65. The molecule has 1 aromatic heterocycles. The SMILES string of the molecule is c1ccc(-c2ccccc2N(c2ccc3c(c2)C2(c4ccccc4-3)c3ccc4ccccc4c3Oc3c2ccc2ccccc32)c2ccc3c(c2)oc2ccccc23)cc1. The van der Waals surface area contributed by atoms with E-state index in [9.17, 15) is 0 Å². The number of nitrogens with zero attached hydrogens (tertiary/aromatic N) is 1. The average molecular weight is 766 g/mol. The molecule has 11 aromatic rings. The fraction of sp³-hybridized carbons (Fsp3) is 0.0175. The molecule has 60 heavy (non-hydrogen) atoms. The lowest BCUT2D eigenvalue weighted by Crippen LogP contribution is -2.32. The van der Waals surface area contributed by atoms with E-state index in [1.165, 1.54) is 22.3 Å². The maximum atomic E-state index is 7.25. The Bertz CT molecular complexity index is 3460. The molecule has 0 saturated heterocycles. The standard InChI is InChI=1S/C57H35NO2/c1-2-14-36(15-3-1)41-18-9-12-24-52(41)58(40-29-31-47-46-22-10-13-25-53(46)59-54(47)35-40)39-28-30-45-44-21-8-11-23-48(44)57(51(45)34-39)49-32-26-37-16-4-6-19-42(37)55(49)60-56-43-20-7-5-17-38(43)27-33-50(56)57/h1-35H. The summed E-state index contributed by atoms with van der Waals surface area (Å²) in [5, 5.41) is 6.73. The van der Waals surface area contributed by atoms with Crippen LogP contribution in [-0.2, 0) is 5.41 Å². The Balaban J connectivity index is 1.13. The molecule has 10 aromatic carbocycles. The molecule has 2 aliphatic rings. The summed E-state index contributed by atoms with van der Waals surface area (Å²) < 4.78 is 13.8. The van der Waals surface area contributed by atoms with E-state index >= 15 is 0 Å². The minimum Gasteiger partial charge on any atom is -0.456 e. The zero-order chi connectivity index (χ0) is 39.4. The van der Waals surface area contributed by atoms with Crippen LogP contribution < -0.4 is 9.64 Å². The van der Waals surface area contributed by atoms with Gasteiger partial charge in [-0.1, -0.05) is 170 Å². The van der Waals surface area contributed by atoms with Crippen molar-refractivity contribution >= 4 is 60.5 Å². The van der Waals surface area contributed by atoms with Crippen molar-refractivity contribution in [2.24, 2.45) is 0 Å². The number of fused-ring (bicyclic) bond motifs is 16. The molecular formula is C57H35NO2. The molecule has 0 amide bonds. The van der Waals surface area contributed by atoms with Crippen LogP contribution in [0.1, 0.15) is 22.3 Å². The summed E-state index contributed by atoms with van der Waals surface area (Å²) in [6.45, 7) is 0. The van der Waals surface area contributed by atoms with Gasteiger partial charge in [-0.05, 0) is 75.0 Å². The Kier molecular flexibility index (Phi) is 6.93. The van der Waals surface area contributed by atoms with E-state index in [2.05, 4.69) is 205 Å². The fourth-order valence-corrected chi connectivity index (χ4v) is 10.3. The molecule has 3 nitrogen and oxygen atoms in total. The van der Waals surface area contributed by atoms with E-state index in [-0.39, 0.29) is 0 Å². The molecule has 2 heterocycles. The van der Waals surface area contributed by atoms with E-state index in [1.807, 2.05) is 12.1 Å². The molecule has 13 rings (SSSR count). The van der Waals surface area contributed by atoms with Gasteiger partial charge >= 0.3 is 0 Å². The van der Waals surface area contributed by atoms with E-state index in [0.717, 1.165) is 94.3 Å². The monoisotopic (exact) mass is 765 g/mol. The van der Waals surface area contributed by atoms with Gasteiger partial charge in [-0.25, -0.2) is 0 Å². The van der Waals surface area contributed by atoms with Crippen molar-refractivity contribution < 1.29 is 9.15 Å². The Labute approximate surface area is 347 Å². The topological polar surface area (TPSA) is 25.6 Å². The summed E-state index contributed by atoms with van der Waals surface area (Å²) in [7, 11) is 0. The molecule has 1 spiro atoms.